The molecule has 0 unspecified atom stereocenters. The first-order valence-corrected chi connectivity index (χ1v) is 8.54. The zero-order valence-electron chi connectivity index (χ0n) is 14.4. The topological polar surface area (TPSA) is 73.2 Å². The normalized spacial score (nSPS) is 15.4. The van der Waals surface area contributed by atoms with Gasteiger partial charge in [-0.3, -0.25) is 9.36 Å². The van der Waals surface area contributed by atoms with Crippen LogP contribution in [0.25, 0.3) is 0 Å². The summed E-state index contributed by atoms with van der Waals surface area (Å²) >= 11 is 0. The molecule has 1 heterocycles. The van der Waals surface area contributed by atoms with Crippen LogP contribution in [0.5, 0.6) is 0 Å². The van der Waals surface area contributed by atoms with Crippen molar-refractivity contribution in [1.82, 2.24) is 9.55 Å². The fraction of sp³-hybridized carbons (Fsp3) is 0.421. The first-order chi connectivity index (χ1) is 12.1. The molecule has 0 bridgehead atoms. The summed E-state index contributed by atoms with van der Waals surface area (Å²) in [7, 11) is 1.66. The molecule has 0 aliphatic heterocycles. The van der Waals surface area contributed by atoms with Gasteiger partial charge in [-0.1, -0.05) is 18.6 Å². The monoisotopic (exact) mass is 341 g/mol. The lowest BCUT2D eigenvalue weighted by atomic mass is 9.66. The minimum Gasteiger partial charge on any atom is -0.385 e. The number of nitrogens with zero attached hydrogens (tertiary/aromatic N) is 2. The number of hydrogen-bond donors (Lipinski definition) is 1. The van der Waals surface area contributed by atoms with E-state index in [1.165, 1.54) is 10.8 Å². The molecule has 0 atom stereocenters. The molecule has 1 N–H and O–H groups in total. The Kier molecular flexibility index (Phi) is 5.28. The van der Waals surface area contributed by atoms with Crippen molar-refractivity contribution >= 4 is 11.6 Å². The molecule has 1 aliphatic rings. The SMILES string of the molecule is COCCC1(C(=O)Nc2cccc(Cn3cccnc3=O)c2)CCC1. The van der Waals surface area contributed by atoms with Gasteiger partial charge in [0, 0.05) is 31.8 Å². The number of amides is 1. The number of anilines is 1. The molecule has 1 saturated carbocycles. The lowest BCUT2D eigenvalue weighted by molar-refractivity contribution is -0.131. The minimum absolute atomic E-state index is 0.0616. The molecular weight excluding hydrogens is 318 g/mol. The van der Waals surface area contributed by atoms with Crippen molar-refractivity contribution in [2.24, 2.45) is 5.41 Å². The average molecular weight is 341 g/mol. The summed E-state index contributed by atoms with van der Waals surface area (Å²) in [6.45, 7) is 1.02. The number of carbonyl (C=O) groups is 1. The van der Waals surface area contributed by atoms with Crippen LogP contribution in [0.2, 0.25) is 0 Å². The van der Waals surface area contributed by atoms with Crippen LogP contribution in [0, 0.1) is 5.41 Å². The van der Waals surface area contributed by atoms with E-state index in [0.717, 1.165) is 36.9 Å². The van der Waals surface area contributed by atoms with E-state index in [9.17, 15) is 9.59 Å². The van der Waals surface area contributed by atoms with Gasteiger partial charge in [-0.15, -0.1) is 0 Å². The molecule has 0 radical (unpaired) electrons. The molecule has 0 saturated heterocycles. The second kappa shape index (κ2) is 7.61. The van der Waals surface area contributed by atoms with E-state index >= 15 is 0 Å². The van der Waals surface area contributed by atoms with E-state index in [0.29, 0.717) is 13.2 Å². The molecule has 2 aromatic rings. The second-order valence-electron chi connectivity index (χ2n) is 6.56. The third-order valence-corrected chi connectivity index (χ3v) is 4.90. The van der Waals surface area contributed by atoms with Crippen molar-refractivity contribution in [3.05, 3.63) is 58.8 Å². The predicted molar refractivity (Wildman–Crippen MR) is 95.4 cm³/mol. The van der Waals surface area contributed by atoms with Gasteiger partial charge in [0.1, 0.15) is 0 Å². The summed E-state index contributed by atoms with van der Waals surface area (Å²) in [5.41, 5.74) is 1.10. The smallest absolute Gasteiger partial charge is 0.347 e. The van der Waals surface area contributed by atoms with Crippen LogP contribution in [0.15, 0.2) is 47.5 Å². The Bertz CT molecular complexity index is 796. The first kappa shape index (κ1) is 17.4. The number of hydrogen-bond acceptors (Lipinski definition) is 4. The standard InChI is InChI=1S/C19H23N3O3/c1-25-12-9-19(7-3-8-19)17(23)21-16-6-2-5-15(13-16)14-22-11-4-10-20-18(22)24/h2,4-6,10-11,13H,3,7-9,12,14H2,1H3,(H,21,23). The molecule has 25 heavy (non-hydrogen) atoms. The average Bonchev–Trinajstić information content (AvgIpc) is 2.56. The lowest BCUT2D eigenvalue weighted by Gasteiger charge is -2.40. The van der Waals surface area contributed by atoms with Crippen LogP contribution in [-0.4, -0.2) is 29.2 Å². The molecule has 1 aromatic carbocycles. The van der Waals surface area contributed by atoms with E-state index in [2.05, 4.69) is 10.3 Å². The Morgan fingerprint density at radius 3 is 2.88 bits per heavy atom. The zero-order valence-corrected chi connectivity index (χ0v) is 14.4. The summed E-state index contributed by atoms with van der Waals surface area (Å²) in [6.07, 6.45) is 6.84. The van der Waals surface area contributed by atoms with Crippen LogP contribution in [0.4, 0.5) is 5.69 Å². The number of rotatable bonds is 7. The molecule has 1 aliphatic carbocycles. The summed E-state index contributed by atoms with van der Waals surface area (Å²) in [6, 6.07) is 9.31. The maximum Gasteiger partial charge on any atom is 0.347 e. The van der Waals surface area contributed by atoms with Gasteiger partial charge < -0.3 is 10.1 Å². The minimum atomic E-state index is -0.299. The third-order valence-electron chi connectivity index (χ3n) is 4.90. The van der Waals surface area contributed by atoms with Crippen LogP contribution >= 0.6 is 0 Å². The Balaban J connectivity index is 1.70. The fourth-order valence-corrected chi connectivity index (χ4v) is 3.21. The van der Waals surface area contributed by atoms with Gasteiger partial charge in [-0.25, -0.2) is 9.78 Å². The van der Waals surface area contributed by atoms with Gasteiger partial charge in [0.05, 0.1) is 12.0 Å². The molecule has 1 fully saturated rings. The second-order valence-corrected chi connectivity index (χ2v) is 6.56. The van der Waals surface area contributed by atoms with E-state index < -0.39 is 0 Å². The quantitative estimate of drug-likeness (QED) is 0.839. The molecule has 1 amide bonds. The van der Waals surface area contributed by atoms with Crippen molar-refractivity contribution in [2.75, 3.05) is 19.0 Å². The van der Waals surface area contributed by atoms with Crippen LogP contribution in [0.1, 0.15) is 31.2 Å². The summed E-state index contributed by atoms with van der Waals surface area (Å²) in [5, 5.41) is 3.04. The summed E-state index contributed by atoms with van der Waals surface area (Å²) < 4.78 is 6.69. The number of ether oxygens (including phenoxy) is 1. The zero-order chi connectivity index (χ0) is 17.7. The van der Waals surface area contributed by atoms with Crippen molar-refractivity contribution < 1.29 is 9.53 Å². The Hall–Kier alpha value is -2.47. The van der Waals surface area contributed by atoms with Crippen molar-refractivity contribution in [2.45, 2.75) is 32.2 Å². The number of methoxy groups -OCH3 is 1. The first-order valence-electron chi connectivity index (χ1n) is 8.54. The molecule has 1 aromatic heterocycles. The molecule has 0 spiro atoms. The Morgan fingerprint density at radius 1 is 1.36 bits per heavy atom. The summed E-state index contributed by atoms with van der Waals surface area (Å²) in [4.78, 5) is 28.2. The van der Waals surface area contributed by atoms with E-state index in [1.807, 2.05) is 24.3 Å². The van der Waals surface area contributed by atoms with Crippen molar-refractivity contribution in [1.29, 1.82) is 0 Å². The van der Waals surface area contributed by atoms with Crippen LogP contribution in [-0.2, 0) is 16.1 Å². The molecule has 6 heteroatoms. The van der Waals surface area contributed by atoms with Crippen molar-refractivity contribution in [3.8, 4) is 0 Å². The van der Waals surface area contributed by atoms with Crippen molar-refractivity contribution in [3.63, 3.8) is 0 Å². The maximum absolute atomic E-state index is 12.7. The molecular formula is C19H23N3O3. The van der Waals surface area contributed by atoms with E-state index in [1.54, 1.807) is 19.4 Å². The van der Waals surface area contributed by atoms with E-state index in [4.69, 9.17) is 4.74 Å². The predicted octanol–water partition coefficient (Wildman–Crippen LogP) is 2.44. The Labute approximate surface area is 146 Å². The third kappa shape index (κ3) is 3.96. The van der Waals surface area contributed by atoms with Gasteiger partial charge in [-0.05, 0) is 43.0 Å². The largest absolute Gasteiger partial charge is 0.385 e. The highest BCUT2D eigenvalue weighted by atomic mass is 16.5. The van der Waals surface area contributed by atoms with E-state index in [-0.39, 0.29) is 17.0 Å². The van der Waals surface area contributed by atoms with Crippen LogP contribution in [0.3, 0.4) is 0 Å². The lowest BCUT2D eigenvalue weighted by Crippen LogP contribution is -2.42. The number of benzene rings is 1. The van der Waals surface area contributed by atoms with Gasteiger partial charge in [0.15, 0.2) is 0 Å². The highest BCUT2D eigenvalue weighted by Gasteiger charge is 2.43. The number of carbonyl (C=O) groups excluding carboxylic acids is 1. The highest BCUT2D eigenvalue weighted by molar-refractivity contribution is 5.96. The summed E-state index contributed by atoms with van der Waals surface area (Å²) in [5.74, 6) is 0.0616. The molecule has 6 nitrogen and oxygen atoms in total. The highest BCUT2D eigenvalue weighted by Crippen LogP contribution is 2.44. The molecule has 132 valence electrons. The Morgan fingerprint density at radius 2 is 2.20 bits per heavy atom. The van der Waals surface area contributed by atoms with Gasteiger partial charge >= 0.3 is 5.69 Å². The molecule has 3 rings (SSSR count). The maximum atomic E-state index is 12.7. The van der Waals surface area contributed by atoms with Gasteiger partial charge in [0.25, 0.3) is 0 Å². The fourth-order valence-electron chi connectivity index (χ4n) is 3.21. The van der Waals surface area contributed by atoms with Gasteiger partial charge in [0.2, 0.25) is 5.91 Å². The van der Waals surface area contributed by atoms with Crippen LogP contribution < -0.4 is 11.0 Å². The number of aromatic nitrogens is 2. The number of nitrogens with one attached hydrogen (secondary N) is 1. The van der Waals surface area contributed by atoms with Gasteiger partial charge in [-0.2, -0.15) is 0 Å².